The van der Waals surface area contributed by atoms with Crippen LogP contribution in [0.25, 0.3) is 0 Å². The fourth-order valence-corrected chi connectivity index (χ4v) is 0.936. The lowest BCUT2D eigenvalue weighted by atomic mass is 9.88. The maximum atomic E-state index is 12.6. The molecule has 0 radical (unpaired) electrons. The van der Waals surface area contributed by atoms with Gasteiger partial charge in [0.25, 0.3) is 0 Å². The summed E-state index contributed by atoms with van der Waals surface area (Å²) in [7, 11) is 1.50. The van der Waals surface area contributed by atoms with Crippen molar-refractivity contribution in [3.63, 3.8) is 0 Å². The van der Waals surface area contributed by atoms with E-state index in [1.54, 1.807) is 20.8 Å². The Morgan fingerprint density at radius 2 is 1.82 bits per heavy atom. The van der Waals surface area contributed by atoms with E-state index in [2.05, 4.69) is 0 Å². The number of ether oxygens (including phenoxy) is 3. The molecule has 17 heavy (non-hydrogen) atoms. The van der Waals surface area contributed by atoms with Gasteiger partial charge in [0, 0.05) is 7.11 Å². The number of halogens is 2. The number of aliphatic hydroxyl groups is 1. The van der Waals surface area contributed by atoms with E-state index < -0.39 is 23.4 Å². The molecule has 0 saturated heterocycles. The lowest BCUT2D eigenvalue weighted by Crippen LogP contribution is -2.30. The zero-order valence-electron chi connectivity index (χ0n) is 10.6. The fourth-order valence-electron chi connectivity index (χ4n) is 0.936. The minimum absolute atomic E-state index is 0.239. The van der Waals surface area contributed by atoms with Crippen LogP contribution in [-0.4, -0.2) is 38.3 Å². The predicted octanol–water partition coefficient (Wildman–Crippen LogP) is 2.14. The molecule has 0 spiro atoms. The van der Waals surface area contributed by atoms with Crippen LogP contribution in [0.15, 0.2) is 11.8 Å². The van der Waals surface area contributed by atoms with E-state index in [0.717, 1.165) is 0 Å². The van der Waals surface area contributed by atoms with Gasteiger partial charge in [-0.15, -0.1) is 0 Å². The van der Waals surface area contributed by atoms with Crippen LogP contribution in [0.5, 0.6) is 0 Å². The topological polar surface area (TPSA) is 47.9 Å². The molecule has 1 unspecified atom stereocenters. The molecule has 4 nitrogen and oxygen atoms in total. The minimum atomic E-state index is -2.04. The Bertz CT molecular complexity index is 244. The van der Waals surface area contributed by atoms with Crippen LogP contribution in [0.1, 0.15) is 20.8 Å². The lowest BCUT2D eigenvalue weighted by Gasteiger charge is -2.27. The fraction of sp³-hybridized carbons (Fsp3) is 0.818. The van der Waals surface area contributed by atoms with Gasteiger partial charge in [-0.2, -0.15) is 8.78 Å². The Labute approximate surface area is 100 Å². The van der Waals surface area contributed by atoms with Crippen LogP contribution in [0.2, 0.25) is 0 Å². The van der Waals surface area contributed by atoms with E-state index in [1.807, 2.05) is 0 Å². The standard InChI is InChI=1S/C11H20F2O4/c1-11(2,3)9(14)8(10(12)13)17-7-16-6-5-15-4/h9,14H,5-7H2,1-4H3. The molecule has 1 N–H and O–H groups in total. The van der Waals surface area contributed by atoms with Gasteiger partial charge in [-0.25, -0.2) is 0 Å². The average Bonchev–Trinajstić information content (AvgIpc) is 2.20. The molecule has 0 aromatic carbocycles. The van der Waals surface area contributed by atoms with Gasteiger partial charge in [-0.05, 0) is 5.41 Å². The second kappa shape index (κ2) is 7.58. The molecule has 0 aliphatic rings. The first-order chi connectivity index (χ1) is 7.80. The Morgan fingerprint density at radius 3 is 2.24 bits per heavy atom. The second-order valence-electron chi connectivity index (χ2n) is 4.56. The summed E-state index contributed by atoms with van der Waals surface area (Å²) in [5, 5.41) is 9.68. The van der Waals surface area contributed by atoms with Gasteiger partial charge in [0.05, 0.1) is 13.2 Å². The molecule has 0 heterocycles. The van der Waals surface area contributed by atoms with Crippen LogP contribution >= 0.6 is 0 Å². The third-order valence-corrected chi connectivity index (χ3v) is 1.98. The van der Waals surface area contributed by atoms with Crippen molar-refractivity contribution in [1.29, 1.82) is 0 Å². The predicted molar refractivity (Wildman–Crippen MR) is 58.5 cm³/mol. The molecule has 0 aromatic heterocycles. The quantitative estimate of drug-likeness (QED) is 0.429. The van der Waals surface area contributed by atoms with Gasteiger partial charge in [-0.3, -0.25) is 0 Å². The summed E-state index contributed by atoms with van der Waals surface area (Å²) in [6.45, 7) is 5.15. The summed E-state index contributed by atoms with van der Waals surface area (Å²) < 4.78 is 39.5. The molecule has 0 aliphatic heterocycles. The number of hydrogen-bond donors (Lipinski definition) is 1. The summed E-state index contributed by atoms with van der Waals surface area (Å²) in [6, 6.07) is 0. The van der Waals surface area contributed by atoms with Crippen LogP contribution in [0.3, 0.4) is 0 Å². The normalized spacial score (nSPS) is 13.4. The van der Waals surface area contributed by atoms with Crippen molar-refractivity contribution in [2.75, 3.05) is 27.1 Å². The molecular weight excluding hydrogens is 234 g/mol. The molecule has 0 saturated carbocycles. The van der Waals surface area contributed by atoms with Crippen LogP contribution in [-0.2, 0) is 14.2 Å². The average molecular weight is 254 g/mol. The van der Waals surface area contributed by atoms with E-state index in [-0.39, 0.29) is 13.4 Å². The Kier molecular flexibility index (Phi) is 7.26. The van der Waals surface area contributed by atoms with Crippen LogP contribution in [0, 0.1) is 5.41 Å². The Morgan fingerprint density at radius 1 is 1.24 bits per heavy atom. The molecule has 0 aromatic rings. The van der Waals surface area contributed by atoms with Crippen molar-refractivity contribution in [3.8, 4) is 0 Å². The van der Waals surface area contributed by atoms with Gasteiger partial charge in [-0.1, -0.05) is 20.8 Å². The molecular formula is C11H20F2O4. The van der Waals surface area contributed by atoms with Crippen LogP contribution < -0.4 is 0 Å². The molecule has 102 valence electrons. The van der Waals surface area contributed by atoms with Crippen molar-refractivity contribution >= 4 is 0 Å². The first-order valence-electron chi connectivity index (χ1n) is 5.23. The lowest BCUT2D eigenvalue weighted by molar-refractivity contribution is -0.0715. The molecule has 0 amide bonds. The third-order valence-electron chi connectivity index (χ3n) is 1.98. The third kappa shape index (κ3) is 6.55. The maximum absolute atomic E-state index is 12.6. The molecule has 6 heteroatoms. The zero-order valence-corrected chi connectivity index (χ0v) is 10.6. The van der Waals surface area contributed by atoms with Crippen molar-refractivity contribution in [2.24, 2.45) is 5.41 Å². The molecule has 0 bridgehead atoms. The molecule has 0 fully saturated rings. The minimum Gasteiger partial charge on any atom is -0.463 e. The summed E-state index contributed by atoms with van der Waals surface area (Å²) in [5.41, 5.74) is -0.731. The van der Waals surface area contributed by atoms with Gasteiger partial charge in [0.2, 0.25) is 0 Å². The van der Waals surface area contributed by atoms with Gasteiger partial charge >= 0.3 is 6.08 Å². The Balaban J connectivity index is 4.25. The summed E-state index contributed by atoms with van der Waals surface area (Å²) in [6.07, 6.45) is -3.42. The molecule has 0 aliphatic carbocycles. The van der Waals surface area contributed by atoms with E-state index in [4.69, 9.17) is 14.2 Å². The van der Waals surface area contributed by atoms with E-state index in [0.29, 0.717) is 6.61 Å². The second-order valence-corrected chi connectivity index (χ2v) is 4.56. The van der Waals surface area contributed by atoms with Crippen molar-refractivity contribution in [2.45, 2.75) is 26.9 Å². The summed E-state index contributed by atoms with van der Waals surface area (Å²) in [5.74, 6) is -0.741. The first kappa shape index (κ1) is 16.3. The largest absolute Gasteiger partial charge is 0.463 e. The zero-order chi connectivity index (χ0) is 13.5. The highest BCUT2D eigenvalue weighted by Gasteiger charge is 2.30. The number of aliphatic hydroxyl groups excluding tert-OH is 1. The smallest absolute Gasteiger partial charge is 0.310 e. The number of rotatable bonds is 7. The maximum Gasteiger partial charge on any atom is 0.310 e. The van der Waals surface area contributed by atoms with Crippen molar-refractivity contribution in [1.82, 2.24) is 0 Å². The van der Waals surface area contributed by atoms with E-state index >= 15 is 0 Å². The van der Waals surface area contributed by atoms with Gasteiger partial charge in [0.15, 0.2) is 12.6 Å². The highest BCUT2D eigenvalue weighted by Crippen LogP contribution is 2.28. The summed E-state index contributed by atoms with van der Waals surface area (Å²) >= 11 is 0. The van der Waals surface area contributed by atoms with E-state index in [9.17, 15) is 13.9 Å². The van der Waals surface area contributed by atoms with Gasteiger partial charge in [0.1, 0.15) is 6.10 Å². The highest BCUT2D eigenvalue weighted by molar-refractivity contribution is 5.04. The first-order valence-corrected chi connectivity index (χ1v) is 5.23. The van der Waals surface area contributed by atoms with E-state index in [1.165, 1.54) is 7.11 Å². The Hall–Kier alpha value is -0.720. The number of methoxy groups -OCH3 is 1. The SMILES string of the molecule is COCCOCOC(=C(F)F)C(O)C(C)(C)C. The monoisotopic (exact) mass is 254 g/mol. The van der Waals surface area contributed by atoms with Gasteiger partial charge < -0.3 is 19.3 Å². The molecule has 1 atom stereocenters. The highest BCUT2D eigenvalue weighted by atomic mass is 19.3. The van der Waals surface area contributed by atoms with Crippen molar-refractivity contribution < 1.29 is 28.1 Å². The van der Waals surface area contributed by atoms with Crippen molar-refractivity contribution in [3.05, 3.63) is 11.8 Å². The summed E-state index contributed by atoms with van der Waals surface area (Å²) in [4.78, 5) is 0. The van der Waals surface area contributed by atoms with Crippen LogP contribution in [0.4, 0.5) is 8.78 Å². The number of hydrogen-bond acceptors (Lipinski definition) is 4. The molecule has 0 rings (SSSR count).